The minimum atomic E-state index is -0.837. The molecule has 100 valence electrons. The largest absolute Gasteiger partial charge is 0.477 e. The molecule has 0 spiro atoms. The highest BCUT2D eigenvalue weighted by Crippen LogP contribution is 2.42. The topological polar surface area (TPSA) is 63.1 Å². The lowest BCUT2D eigenvalue weighted by Crippen LogP contribution is -2.02. The van der Waals surface area contributed by atoms with Crippen molar-refractivity contribution < 1.29 is 9.90 Å². The van der Waals surface area contributed by atoms with E-state index < -0.39 is 5.97 Å². The molecule has 2 aromatic heterocycles. The smallest absolute Gasteiger partial charge is 0.346 e. The zero-order valence-corrected chi connectivity index (χ0v) is 12.2. The maximum atomic E-state index is 11.5. The van der Waals surface area contributed by atoms with E-state index in [0.29, 0.717) is 16.0 Å². The maximum Gasteiger partial charge on any atom is 0.346 e. The third-order valence-electron chi connectivity index (χ3n) is 3.59. The molecule has 0 amide bonds. The van der Waals surface area contributed by atoms with Crippen LogP contribution >= 0.6 is 23.1 Å². The van der Waals surface area contributed by atoms with Gasteiger partial charge >= 0.3 is 5.97 Å². The third-order valence-corrected chi connectivity index (χ3v) is 5.26. The van der Waals surface area contributed by atoms with Gasteiger partial charge in [0.25, 0.3) is 0 Å². The summed E-state index contributed by atoms with van der Waals surface area (Å²) in [7, 11) is 0. The molecule has 1 saturated carbocycles. The molecule has 1 aliphatic carbocycles. The molecule has 0 bridgehead atoms. The van der Waals surface area contributed by atoms with Crippen molar-refractivity contribution in [3.63, 3.8) is 0 Å². The highest BCUT2D eigenvalue weighted by molar-refractivity contribution is 7.98. The molecule has 0 aromatic carbocycles. The average molecular weight is 294 g/mol. The Balaban J connectivity index is 2.23. The Kier molecular flexibility index (Phi) is 3.45. The fraction of sp³-hybridized carbons (Fsp3) is 0.462. The quantitative estimate of drug-likeness (QED) is 0.689. The number of carboxylic acid groups (broad SMARTS) is 1. The maximum absolute atomic E-state index is 11.5. The van der Waals surface area contributed by atoms with E-state index in [-0.39, 0.29) is 0 Å². The lowest BCUT2D eigenvalue weighted by Gasteiger charge is -2.09. The number of thioether (sulfide) groups is 1. The number of nitrogens with zero attached hydrogens (tertiary/aromatic N) is 2. The second kappa shape index (κ2) is 5.09. The Morgan fingerprint density at radius 2 is 2.21 bits per heavy atom. The summed E-state index contributed by atoms with van der Waals surface area (Å²) in [6.07, 6.45) is 8.20. The first-order valence-corrected chi connectivity index (χ1v) is 8.31. The van der Waals surface area contributed by atoms with Crippen LogP contribution in [0.5, 0.6) is 0 Å². The van der Waals surface area contributed by atoms with Gasteiger partial charge in [-0.1, -0.05) is 24.6 Å². The van der Waals surface area contributed by atoms with Gasteiger partial charge in [-0.05, 0) is 25.0 Å². The predicted octanol–water partition coefficient (Wildman–Crippen LogP) is 3.77. The number of thiophene rings is 1. The first-order chi connectivity index (χ1) is 9.20. The van der Waals surface area contributed by atoms with Crippen molar-refractivity contribution in [3.8, 4) is 0 Å². The van der Waals surface area contributed by atoms with Crippen LogP contribution in [0.3, 0.4) is 0 Å². The van der Waals surface area contributed by atoms with E-state index in [2.05, 4.69) is 9.97 Å². The molecule has 0 atom stereocenters. The van der Waals surface area contributed by atoms with Gasteiger partial charge in [-0.3, -0.25) is 0 Å². The Bertz CT molecular complexity index is 633. The van der Waals surface area contributed by atoms with E-state index in [9.17, 15) is 9.90 Å². The molecule has 0 aliphatic heterocycles. The Hall–Kier alpha value is -1.14. The monoisotopic (exact) mass is 294 g/mol. The Morgan fingerprint density at radius 3 is 2.84 bits per heavy atom. The molecule has 1 fully saturated rings. The fourth-order valence-electron chi connectivity index (χ4n) is 2.75. The van der Waals surface area contributed by atoms with Gasteiger partial charge < -0.3 is 5.11 Å². The van der Waals surface area contributed by atoms with Gasteiger partial charge in [-0.15, -0.1) is 11.3 Å². The van der Waals surface area contributed by atoms with Crippen molar-refractivity contribution in [2.24, 2.45) is 0 Å². The normalized spacial score (nSPS) is 16.3. The van der Waals surface area contributed by atoms with Crippen LogP contribution in [0.4, 0.5) is 0 Å². The van der Waals surface area contributed by atoms with Crippen molar-refractivity contribution in [2.45, 2.75) is 36.8 Å². The molecule has 6 heteroatoms. The molecule has 3 rings (SSSR count). The summed E-state index contributed by atoms with van der Waals surface area (Å²) in [6, 6.07) is 0. The van der Waals surface area contributed by atoms with Gasteiger partial charge in [0.15, 0.2) is 5.16 Å². The van der Waals surface area contributed by atoms with E-state index in [4.69, 9.17) is 0 Å². The van der Waals surface area contributed by atoms with E-state index in [1.54, 1.807) is 6.20 Å². The molecule has 2 heterocycles. The molecule has 19 heavy (non-hydrogen) atoms. The number of aromatic carboxylic acids is 1. The molecule has 2 aromatic rings. The minimum Gasteiger partial charge on any atom is -0.477 e. The average Bonchev–Trinajstić information content (AvgIpc) is 3.04. The van der Waals surface area contributed by atoms with Gasteiger partial charge in [0, 0.05) is 11.8 Å². The molecule has 0 radical (unpaired) electrons. The summed E-state index contributed by atoms with van der Waals surface area (Å²) < 4.78 is 0.886. The summed E-state index contributed by atoms with van der Waals surface area (Å²) in [4.78, 5) is 20.7. The fourth-order valence-corrected chi connectivity index (χ4v) is 4.12. The van der Waals surface area contributed by atoms with Crippen LogP contribution < -0.4 is 0 Å². The third kappa shape index (κ3) is 2.23. The highest BCUT2D eigenvalue weighted by atomic mass is 32.2. The van der Waals surface area contributed by atoms with Gasteiger partial charge in [0.05, 0.1) is 10.2 Å². The van der Waals surface area contributed by atoms with Crippen LogP contribution in [0.2, 0.25) is 0 Å². The summed E-state index contributed by atoms with van der Waals surface area (Å²) >= 11 is 2.79. The number of rotatable bonds is 3. The molecule has 4 nitrogen and oxygen atoms in total. The summed E-state index contributed by atoms with van der Waals surface area (Å²) in [5, 5.41) is 10.1. The molecule has 1 aliphatic rings. The first kappa shape index (κ1) is 12.9. The number of hydrogen-bond donors (Lipinski definition) is 1. The van der Waals surface area contributed by atoms with Gasteiger partial charge in [-0.25, -0.2) is 14.8 Å². The van der Waals surface area contributed by atoms with Crippen LogP contribution in [0, 0.1) is 0 Å². The second-order valence-electron chi connectivity index (χ2n) is 4.70. The van der Waals surface area contributed by atoms with Crippen LogP contribution in [0.15, 0.2) is 11.4 Å². The standard InChI is InChI=1S/C13H14N2O2S2/c1-18-13-14-6-8-10(15-13)9(7-4-2-3-5-7)11(19-8)12(16)17/h6-7H,2-5H2,1H3,(H,16,17). The number of aromatic nitrogens is 2. The van der Waals surface area contributed by atoms with Crippen molar-refractivity contribution in [1.82, 2.24) is 9.97 Å². The molecular formula is C13H14N2O2S2. The lowest BCUT2D eigenvalue weighted by atomic mass is 9.97. The van der Waals surface area contributed by atoms with Crippen LogP contribution in [-0.4, -0.2) is 27.3 Å². The zero-order valence-electron chi connectivity index (χ0n) is 10.5. The van der Waals surface area contributed by atoms with E-state index in [0.717, 1.165) is 28.6 Å². The van der Waals surface area contributed by atoms with Crippen LogP contribution in [-0.2, 0) is 0 Å². The predicted molar refractivity (Wildman–Crippen MR) is 77.4 cm³/mol. The number of carbonyl (C=O) groups is 1. The second-order valence-corrected chi connectivity index (χ2v) is 6.53. The summed E-state index contributed by atoms with van der Waals surface area (Å²) in [5.41, 5.74) is 1.80. The lowest BCUT2D eigenvalue weighted by molar-refractivity contribution is 0.0700. The number of carboxylic acids is 1. The van der Waals surface area contributed by atoms with Crippen LogP contribution in [0.25, 0.3) is 10.2 Å². The van der Waals surface area contributed by atoms with Crippen molar-refractivity contribution in [3.05, 3.63) is 16.6 Å². The number of fused-ring (bicyclic) bond motifs is 1. The van der Waals surface area contributed by atoms with Crippen molar-refractivity contribution in [1.29, 1.82) is 0 Å². The molecule has 0 saturated heterocycles. The van der Waals surface area contributed by atoms with E-state index >= 15 is 0 Å². The summed E-state index contributed by atoms with van der Waals surface area (Å²) in [5.74, 6) is -0.486. The van der Waals surface area contributed by atoms with Crippen LogP contribution in [0.1, 0.15) is 46.8 Å². The van der Waals surface area contributed by atoms with Crippen molar-refractivity contribution >= 4 is 39.3 Å². The summed E-state index contributed by atoms with van der Waals surface area (Å²) in [6.45, 7) is 0. The van der Waals surface area contributed by atoms with Gasteiger partial charge in [0.1, 0.15) is 4.88 Å². The van der Waals surface area contributed by atoms with Gasteiger partial charge in [0.2, 0.25) is 0 Å². The Morgan fingerprint density at radius 1 is 1.47 bits per heavy atom. The van der Waals surface area contributed by atoms with Gasteiger partial charge in [-0.2, -0.15) is 0 Å². The molecule has 1 N–H and O–H groups in total. The molecule has 0 unspecified atom stereocenters. The highest BCUT2D eigenvalue weighted by Gasteiger charge is 2.28. The number of hydrogen-bond acceptors (Lipinski definition) is 5. The molecular weight excluding hydrogens is 280 g/mol. The zero-order chi connectivity index (χ0) is 13.4. The van der Waals surface area contributed by atoms with Crippen molar-refractivity contribution in [2.75, 3.05) is 6.26 Å². The first-order valence-electron chi connectivity index (χ1n) is 6.27. The van der Waals surface area contributed by atoms with E-state index in [1.807, 2.05) is 6.26 Å². The Labute approximate surface area is 119 Å². The SMILES string of the molecule is CSc1ncc2sc(C(=O)O)c(C3CCCC3)c2n1. The van der Waals surface area contributed by atoms with E-state index in [1.165, 1.54) is 35.9 Å². The minimum absolute atomic E-state index is 0.351.